The van der Waals surface area contributed by atoms with Crippen molar-refractivity contribution in [2.24, 2.45) is 62.6 Å². The Balaban J connectivity index is 1.14. The molecule has 298 valence electrons. The lowest BCUT2D eigenvalue weighted by Crippen LogP contribution is -2.68. The van der Waals surface area contributed by atoms with Crippen LogP contribution in [0, 0.1) is 73.9 Å². The van der Waals surface area contributed by atoms with Crippen molar-refractivity contribution in [3.8, 4) is 11.9 Å². The van der Waals surface area contributed by atoms with Crippen LogP contribution in [-0.4, -0.2) is 45.8 Å². The number of nitrogens with one attached hydrogen (secondary N) is 1. The number of carboxylic acids is 2. The van der Waals surface area contributed by atoms with E-state index in [4.69, 9.17) is 4.74 Å². The summed E-state index contributed by atoms with van der Waals surface area (Å²) in [5, 5.41) is 33.6. The molecule has 1 aromatic heterocycles. The maximum atomic E-state index is 12.8. The minimum Gasteiger partial charge on any atom is -0.481 e. The fourth-order valence-electron chi connectivity index (χ4n) is 14.4. The molecule has 6 aliphatic carbocycles. The Morgan fingerprint density at radius 3 is 2.42 bits per heavy atom. The van der Waals surface area contributed by atoms with Crippen molar-refractivity contribution < 1.29 is 24.5 Å². The highest BCUT2D eigenvalue weighted by atomic mass is 16.5. The van der Waals surface area contributed by atoms with Crippen LogP contribution in [0.15, 0.2) is 53.8 Å². The molecular weight excluding hydrogens is 687 g/mol. The molecule has 7 rings (SSSR count). The zero-order valence-corrected chi connectivity index (χ0v) is 34.5. The Kier molecular flexibility index (Phi) is 10.0. The molecule has 0 saturated heterocycles. The molecule has 6 aliphatic rings. The summed E-state index contributed by atoms with van der Waals surface area (Å²) in [6.45, 7) is 21.9. The zero-order valence-electron chi connectivity index (χ0n) is 34.5. The smallest absolute Gasteiger partial charge is 0.313 e. The van der Waals surface area contributed by atoms with Crippen LogP contribution in [0.5, 0.6) is 5.88 Å². The first-order chi connectivity index (χ1) is 25.9. The van der Waals surface area contributed by atoms with Crippen molar-refractivity contribution in [3.05, 3.63) is 59.3 Å². The van der Waals surface area contributed by atoms with E-state index in [1.807, 2.05) is 6.92 Å². The number of aromatic nitrogens is 1. The Hall–Kier alpha value is -3.44. The average Bonchev–Trinajstić information content (AvgIpc) is 3.53. The minimum atomic E-state index is -1.06. The van der Waals surface area contributed by atoms with Crippen LogP contribution in [-0.2, 0) is 9.59 Å². The highest BCUT2D eigenvalue weighted by molar-refractivity contribution is 5.75. The SMILES string of the molecule is C=C(C)[C@@H]1CC[C@]2(NCC(C)C(=O)O)CC[C@]3(C)[C@H](CCC4[C@@]5(C)CC=C(C6=CC[C@](COc7ncccc7C#N)(C(=O)O)CC6)C(C)(C)C5CC[C@]43C)C12. The molecule has 0 aromatic carbocycles. The van der Waals surface area contributed by atoms with Crippen LogP contribution in [0.1, 0.15) is 131 Å². The maximum Gasteiger partial charge on any atom is 0.313 e. The summed E-state index contributed by atoms with van der Waals surface area (Å²) in [7, 11) is 0. The number of carbonyl (C=O) groups is 2. The van der Waals surface area contributed by atoms with Crippen molar-refractivity contribution in [2.75, 3.05) is 13.2 Å². The number of ether oxygens (including phenoxy) is 1. The van der Waals surface area contributed by atoms with Gasteiger partial charge >= 0.3 is 11.9 Å². The maximum absolute atomic E-state index is 12.8. The Morgan fingerprint density at radius 2 is 1.76 bits per heavy atom. The first-order valence-corrected chi connectivity index (χ1v) is 21.1. The van der Waals surface area contributed by atoms with Gasteiger partial charge in [0.05, 0.1) is 5.92 Å². The molecule has 8 heteroatoms. The predicted octanol–water partition coefficient (Wildman–Crippen LogP) is 9.77. The van der Waals surface area contributed by atoms with Crippen molar-refractivity contribution in [1.82, 2.24) is 10.3 Å². The summed E-state index contributed by atoms with van der Waals surface area (Å²) >= 11 is 0. The summed E-state index contributed by atoms with van der Waals surface area (Å²) in [4.78, 5) is 28.8. The van der Waals surface area contributed by atoms with Gasteiger partial charge in [-0.2, -0.15) is 5.26 Å². The quantitative estimate of drug-likeness (QED) is 0.201. The van der Waals surface area contributed by atoms with E-state index in [0.29, 0.717) is 61.0 Å². The van der Waals surface area contributed by atoms with E-state index in [0.717, 1.165) is 25.7 Å². The highest BCUT2D eigenvalue weighted by Crippen LogP contribution is 2.76. The van der Waals surface area contributed by atoms with Gasteiger partial charge < -0.3 is 20.3 Å². The summed E-state index contributed by atoms with van der Waals surface area (Å²) in [5.74, 6) is 0.873. The number of fused-ring (bicyclic) bond motifs is 7. The van der Waals surface area contributed by atoms with E-state index >= 15 is 0 Å². The number of hydrogen-bond acceptors (Lipinski definition) is 6. The third-order valence-corrected chi connectivity index (χ3v) is 17.6. The third-order valence-electron chi connectivity index (χ3n) is 17.6. The van der Waals surface area contributed by atoms with E-state index < -0.39 is 23.3 Å². The number of carboxylic acid groups (broad SMARTS) is 2. The molecule has 0 amide bonds. The first kappa shape index (κ1) is 39.8. The van der Waals surface area contributed by atoms with Crippen LogP contribution in [0.25, 0.3) is 0 Å². The van der Waals surface area contributed by atoms with Gasteiger partial charge in [0.1, 0.15) is 23.7 Å². The molecule has 0 radical (unpaired) electrons. The molecule has 0 spiro atoms. The van der Waals surface area contributed by atoms with Gasteiger partial charge in [-0.3, -0.25) is 9.59 Å². The minimum absolute atomic E-state index is 0.0116. The van der Waals surface area contributed by atoms with Crippen LogP contribution < -0.4 is 10.1 Å². The van der Waals surface area contributed by atoms with Crippen molar-refractivity contribution >= 4 is 11.9 Å². The number of pyridine rings is 1. The van der Waals surface area contributed by atoms with Crippen LogP contribution in [0.2, 0.25) is 0 Å². The third kappa shape index (κ3) is 6.03. The van der Waals surface area contributed by atoms with Gasteiger partial charge in [-0.1, -0.05) is 65.8 Å². The summed E-state index contributed by atoms with van der Waals surface area (Å²) < 4.78 is 5.93. The molecule has 4 fully saturated rings. The molecule has 11 atom stereocenters. The Bertz CT molecular complexity index is 1840. The molecule has 4 saturated carbocycles. The van der Waals surface area contributed by atoms with E-state index in [2.05, 4.69) is 76.6 Å². The van der Waals surface area contributed by atoms with Gasteiger partial charge in [0, 0.05) is 18.3 Å². The van der Waals surface area contributed by atoms with Gasteiger partial charge in [0.2, 0.25) is 5.88 Å². The van der Waals surface area contributed by atoms with Crippen LogP contribution in [0.4, 0.5) is 0 Å². The van der Waals surface area contributed by atoms with Gasteiger partial charge in [-0.15, -0.1) is 0 Å². The molecule has 4 unspecified atom stereocenters. The second kappa shape index (κ2) is 13.9. The van der Waals surface area contributed by atoms with Gasteiger partial charge in [0.15, 0.2) is 0 Å². The van der Waals surface area contributed by atoms with E-state index in [1.54, 1.807) is 18.3 Å². The number of nitrogens with zero attached hydrogens (tertiary/aromatic N) is 2. The van der Waals surface area contributed by atoms with E-state index in [9.17, 15) is 25.1 Å². The molecule has 55 heavy (non-hydrogen) atoms. The van der Waals surface area contributed by atoms with Gasteiger partial charge in [0.25, 0.3) is 0 Å². The first-order valence-electron chi connectivity index (χ1n) is 21.1. The molecule has 8 nitrogen and oxygen atoms in total. The molecule has 1 aromatic rings. The van der Waals surface area contributed by atoms with Gasteiger partial charge in [-0.25, -0.2) is 4.98 Å². The fraction of sp³-hybridized carbons (Fsp3) is 0.702. The standard InChI is InChI=1S/C47H65N3O5/c1-29(2)33-15-22-47(50-27-30(3)40(51)52)24-23-44(7)35(38(33)47)11-12-37-43(6)18-16-34(42(4,5)36(43)17-19-45(37,44)8)31-13-20-46(21-14-31,41(53)54)28-55-39-32(26-48)10-9-25-49-39/h9-10,13,16,25,30,33,35-38,50H,1,11-12,14-15,17-24,27-28H2,2-8H3,(H,51,52)(H,53,54)/t30?,33-,35+,36?,37?,38?,43-,44+,45+,46-,47-/m0/s1. The second-order valence-electron chi connectivity index (χ2n) is 20.3. The number of hydrogen-bond donors (Lipinski definition) is 3. The lowest BCUT2D eigenvalue weighted by molar-refractivity contribution is -0.221. The second-order valence-corrected chi connectivity index (χ2v) is 20.3. The molecule has 0 aliphatic heterocycles. The van der Waals surface area contributed by atoms with E-state index in [-0.39, 0.29) is 39.7 Å². The Morgan fingerprint density at radius 1 is 1.00 bits per heavy atom. The van der Waals surface area contributed by atoms with Gasteiger partial charge in [-0.05, 0) is 159 Å². The number of nitriles is 1. The predicted molar refractivity (Wildman–Crippen MR) is 214 cm³/mol. The molecule has 0 bridgehead atoms. The monoisotopic (exact) mass is 751 g/mol. The largest absolute Gasteiger partial charge is 0.481 e. The van der Waals surface area contributed by atoms with Crippen LogP contribution in [0.3, 0.4) is 0 Å². The molecule has 1 heterocycles. The lowest BCUT2D eigenvalue weighted by atomic mass is 9.33. The van der Waals surface area contributed by atoms with Crippen molar-refractivity contribution in [1.29, 1.82) is 5.26 Å². The summed E-state index contributed by atoms with van der Waals surface area (Å²) in [6, 6.07) is 5.41. The van der Waals surface area contributed by atoms with E-state index in [1.165, 1.54) is 48.8 Å². The average molecular weight is 752 g/mol. The number of allylic oxidation sites excluding steroid dienone is 5. The zero-order chi connectivity index (χ0) is 39.8. The number of aliphatic carboxylic acids is 2. The Labute approximate surface area is 329 Å². The summed E-state index contributed by atoms with van der Waals surface area (Å²) in [5.41, 5.74) is 3.76. The molecular formula is C47H65N3O5. The van der Waals surface area contributed by atoms with Crippen molar-refractivity contribution in [3.63, 3.8) is 0 Å². The fourth-order valence-corrected chi connectivity index (χ4v) is 14.4. The van der Waals surface area contributed by atoms with Crippen LogP contribution >= 0.6 is 0 Å². The molecule has 3 N–H and O–H groups in total. The lowest BCUT2D eigenvalue weighted by Gasteiger charge is -2.72. The number of rotatable bonds is 10. The van der Waals surface area contributed by atoms with Crippen molar-refractivity contribution in [2.45, 2.75) is 131 Å². The topological polar surface area (TPSA) is 133 Å². The highest BCUT2D eigenvalue weighted by Gasteiger charge is 2.70. The summed E-state index contributed by atoms with van der Waals surface area (Å²) in [6.07, 6.45) is 18.3. The normalized spacial score (nSPS) is 40.8.